The van der Waals surface area contributed by atoms with E-state index in [1.54, 1.807) is 39.0 Å². The number of carbonyl (C=O) groups is 3. The van der Waals surface area contributed by atoms with E-state index in [0.717, 1.165) is 12.0 Å². The lowest BCUT2D eigenvalue weighted by Crippen LogP contribution is -2.66. The molecule has 0 aliphatic heterocycles. The molecular weight excluding hydrogens is 356 g/mol. The highest BCUT2D eigenvalue weighted by Crippen LogP contribution is 2.31. The molecule has 0 aromatic heterocycles. The first-order chi connectivity index (χ1) is 12.5. The molecule has 0 saturated carbocycles. The lowest BCUT2D eigenvalue weighted by molar-refractivity contribution is -0.197. The van der Waals surface area contributed by atoms with Gasteiger partial charge in [0.1, 0.15) is 6.61 Å². The van der Waals surface area contributed by atoms with Gasteiger partial charge in [0.2, 0.25) is 5.91 Å². The molecule has 0 radical (unpaired) electrons. The molecule has 1 amide bonds. The maximum Gasteiger partial charge on any atom is 0.362 e. The first kappa shape index (κ1) is 22.6. The molecule has 9 nitrogen and oxygen atoms in total. The summed E-state index contributed by atoms with van der Waals surface area (Å²) in [6, 6.07) is 6.44. The Hall–Kier alpha value is -2.49. The number of aliphatic carboxylic acids is 1. The normalized spacial score (nSPS) is 14.7. The standard InChI is InChI=1S/C18H26N2O7/c1-17(2,3)27-18(11-21,16(25)26-4)20(12-8-6-5-7-9-12)15(24)13(19)10-14(22)23/h5-9,13,21H,10-11,19H2,1-4H3,(H,22,23)/t13-,18+/m0/s1. The summed E-state index contributed by atoms with van der Waals surface area (Å²) in [4.78, 5) is 37.5. The van der Waals surface area contributed by atoms with Crippen molar-refractivity contribution < 1.29 is 34.1 Å². The van der Waals surface area contributed by atoms with Gasteiger partial charge in [-0.15, -0.1) is 0 Å². The van der Waals surface area contributed by atoms with Crippen molar-refractivity contribution >= 4 is 23.5 Å². The fourth-order valence-corrected chi connectivity index (χ4v) is 2.54. The minimum Gasteiger partial charge on any atom is -0.481 e. The smallest absolute Gasteiger partial charge is 0.362 e. The van der Waals surface area contributed by atoms with Crippen LogP contribution in [0.15, 0.2) is 30.3 Å². The topological polar surface area (TPSA) is 139 Å². The van der Waals surface area contributed by atoms with Crippen molar-refractivity contribution in [2.24, 2.45) is 5.73 Å². The van der Waals surface area contributed by atoms with E-state index < -0.39 is 48.2 Å². The molecule has 27 heavy (non-hydrogen) atoms. The van der Waals surface area contributed by atoms with Crippen LogP contribution >= 0.6 is 0 Å². The second kappa shape index (κ2) is 8.94. The molecule has 0 aliphatic rings. The quantitative estimate of drug-likeness (QED) is 0.436. The number of hydrogen-bond acceptors (Lipinski definition) is 7. The summed E-state index contributed by atoms with van der Waals surface area (Å²) < 4.78 is 10.6. The van der Waals surface area contributed by atoms with Crippen LogP contribution in [0.4, 0.5) is 5.69 Å². The largest absolute Gasteiger partial charge is 0.481 e. The van der Waals surface area contributed by atoms with Crippen molar-refractivity contribution in [3.63, 3.8) is 0 Å². The number of amides is 1. The van der Waals surface area contributed by atoms with Crippen LogP contribution in [0.2, 0.25) is 0 Å². The van der Waals surface area contributed by atoms with Crippen LogP contribution in [0.1, 0.15) is 27.2 Å². The number of carbonyl (C=O) groups excluding carboxylic acids is 2. The van der Waals surface area contributed by atoms with Gasteiger partial charge in [-0.05, 0) is 32.9 Å². The van der Waals surface area contributed by atoms with Crippen LogP contribution in [-0.2, 0) is 23.9 Å². The van der Waals surface area contributed by atoms with E-state index in [0.29, 0.717) is 0 Å². The molecule has 1 aromatic rings. The van der Waals surface area contributed by atoms with E-state index in [1.807, 2.05) is 0 Å². The SMILES string of the molecule is COC(=O)[C@@](CO)(OC(C)(C)C)N(C(=O)[C@@H](N)CC(=O)O)c1ccccc1. The highest BCUT2D eigenvalue weighted by Gasteiger charge is 2.53. The van der Waals surface area contributed by atoms with Crippen molar-refractivity contribution in [3.05, 3.63) is 30.3 Å². The Kier molecular flexibility index (Phi) is 7.46. The van der Waals surface area contributed by atoms with E-state index in [9.17, 15) is 19.5 Å². The van der Waals surface area contributed by atoms with Gasteiger partial charge < -0.3 is 25.4 Å². The van der Waals surface area contributed by atoms with E-state index in [1.165, 1.54) is 12.1 Å². The summed E-state index contributed by atoms with van der Waals surface area (Å²) in [6.45, 7) is 3.96. The first-order valence-electron chi connectivity index (χ1n) is 8.24. The number of carboxylic acid groups (broad SMARTS) is 1. The van der Waals surface area contributed by atoms with Crippen LogP contribution in [0.3, 0.4) is 0 Å². The molecule has 0 bridgehead atoms. The summed E-state index contributed by atoms with van der Waals surface area (Å²) in [7, 11) is 1.09. The lowest BCUT2D eigenvalue weighted by Gasteiger charge is -2.44. The number of carboxylic acids is 1. The molecule has 0 spiro atoms. The van der Waals surface area contributed by atoms with Crippen molar-refractivity contribution in [1.29, 1.82) is 0 Å². The Morgan fingerprint density at radius 3 is 2.15 bits per heavy atom. The molecule has 9 heteroatoms. The molecule has 0 saturated heterocycles. The Balaban J connectivity index is 3.62. The van der Waals surface area contributed by atoms with Crippen molar-refractivity contribution in [2.45, 2.75) is 44.6 Å². The van der Waals surface area contributed by atoms with Crippen molar-refractivity contribution in [1.82, 2.24) is 0 Å². The summed E-state index contributed by atoms with van der Waals surface area (Å²) in [5.74, 6) is -3.22. The lowest BCUT2D eigenvalue weighted by atomic mass is 10.0. The molecule has 2 atom stereocenters. The molecule has 0 aliphatic carbocycles. The molecule has 0 heterocycles. The van der Waals surface area contributed by atoms with Crippen LogP contribution in [0.25, 0.3) is 0 Å². The predicted octanol–water partition coefficient (Wildman–Crippen LogP) is 0.498. The number of benzene rings is 1. The van der Waals surface area contributed by atoms with Crippen LogP contribution < -0.4 is 10.6 Å². The average molecular weight is 382 g/mol. The second-order valence-corrected chi connectivity index (χ2v) is 6.86. The third-order valence-electron chi connectivity index (χ3n) is 3.50. The number of aliphatic hydroxyl groups is 1. The summed E-state index contributed by atoms with van der Waals surface area (Å²) >= 11 is 0. The van der Waals surface area contributed by atoms with Crippen molar-refractivity contribution in [3.8, 4) is 0 Å². The Labute approximate surface area is 157 Å². The Morgan fingerprint density at radius 2 is 1.74 bits per heavy atom. The number of esters is 1. The van der Waals surface area contributed by atoms with Gasteiger partial charge in [0.25, 0.3) is 5.72 Å². The number of nitrogens with zero attached hydrogens (tertiary/aromatic N) is 1. The predicted molar refractivity (Wildman–Crippen MR) is 96.8 cm³/mol. The number of ether oxygens (including phenoxy) is 2. The zero-order valence-electron chi connectivity index (χ0n) is 15.8. The third-order valence-corrected chi connectivity index (χ3v) is 3.50. The summed E-state index contributed by atoms with van der Waals surface area (Å²) in [5.41, 5.74) is 2.72. The summed E-state index contributed by atoms with van der Waals surface area (Å²) in [6.07, 6.45) is -0.666. The van der Waals surface area contributed by atoms with Gasteiger partial charge in [-0.25, -0.2) is 4.79 Å². The molecule has 0 fully saturated rings. The number of anilines is 1. The maximum absolute atomic E-state index is 13.0. The summed E-state index contributed by atoms with van der Waals surface area (Å²) in [5, 5.41) is 19.1. The van der Waals surface area contributed by atoms with Gasteiger partial charge in [0.05, 0.1) is 25.2 Å². The van der Waals surface area contributed by atoms with E-state index >= 15 is 0 Å². The fourth-order valence-electron chi connectivity index (χ4n) is 2.54. The van der Waals surface area contributed by atoms with E-state index in [2.05, 4.69) is 0 Å². The Bertz CT molecular complexity index is 672. The van der Waals surface area contributed by atoms with Gasteiger partial charge in [0.15, 0.2) is 0 Å². The van der Waals surface area contributed by atoms with Gasteiger partial charge >= 0.3 is 11.9 Å². The second-order valence-electron chi connectivity index (χ2n) is 6.86. The van der Waals surface area contributed by atoms with Gasteiger partial charge in [-0.1, -0.05) is 18.2 Å². The molecule has 1 rings (SSSR count). The minimum atomic E-state index is -2.25. The van der Waals surface area contributed by atoms with Crippen LogP contribution in [-0.4, -0.2) is 59.1 Å². The highest BCUT2D eigenvalue weighted by atomic mass is 16.6. The Morgan fingerprint density at radius 1 is 1.19 bits per heavy atom. The molecule has 0 unspecified atom stereocenters. The van der Waals surface area contributed by atoms with Crippen LogP contribution in [0, 0.1) is 0 Å². The monoisotopic (exact) mass is 382 g/mol. The van der Waals surface area contributed by atoms with Gasteiger partial charge in [-0.2, -0.15) is 0 Å². The van der Waals surface area contributed by atoms with E-state index in [4.69, 9.17) is 20.3 Å². The van der Waals surface area contributed by atoms with Gasteiger partial charge in [0, 0.05) is 5.69 Å². The number of nitrogens with two attached hydrogens (primary N) is 1. The number of hydrogen-bond donors (Lipinski definition) is 3. The number of aliphatic hydroxyl groups excluding tert-OH is 1. The fraction of sp³-hybridized carbons (Fsp3) is 0.500. The van der Waals surface area contributed by atoms with Crippen LogP contribution in [0.5, 0.6) is 0 Å². The van der Waals surface area contributed by atoms with E-state index in [-0.39, 0.29) is 5.69 Å². The first-order valence-corrected chi connectivity index (χ1v) is 8.24. The zero-order valence-corrected chi connectivity index (χ0v) is 15.8. The van der Waals surface area contributed by atoms with Crippen molar-refractivity contribution in [2.75, 3.05) is 18.6 Å². The average Bonchev–Trinajstić information content (AvgIpc) is 2.59. The molecular formula is C18H26N2O7. The number of rotatable bonds is 8. The third kappa shape index (κ3) is 5.49. The highest BCUT2D eigenvalue weighted by molar-refractivity contribution is 6.04. The number of para-hydroxylation sites is 1. The van der Waals surface area contributed by atoms with Gasteiger partial charge in [-0.3, -0.25) is 14.5 Å². The molecule has 1 aromatic carbocycles. The molecule has 4 N–H and O–H groups in total. The minimum absolute atomic E-state index is 0.187. The zero-order chi connectivity index (χ0) is 20.8. The number of methoxy groups -OCH3 is 1. The molecule has 150 valence electrons. The maximum atomic E-state index is 13.0.